The lowest BCUT2D eigenvalue weighted by Crippen LogP contribution is -2.39. The van der Waals surface area contributed by atoms with E-state index in [9.17, 15) is 31.2 Å². The lowest BCUT2D eigenvalue weighted by atomic mass is 10.1. The summed E-state index contributed by atoms with van der Waals surface area (Å²) < 4.78 is 68.4. The summed E-state index contributed by atoms with van der Waals surface area (Å²) in [5.41, 5.74) is -1.96. The minimum absolute atomic E-state index is 0.239. The zero-order valence-corrected chi connectivity index (χ0v) is 12.7. The average Bonchev–Trinajstić information content (AvgIpc) is 2.44. The summed E-state index contributed by atoms with van der Waals surface area (Å²) in [6, 6.07) is -0.205. The van der Waals surface area contributed by atoms with E-state index in [2.05, 4.69) is 4.74 Å². The molecule has 0 amide bonds. The van der Waals surface area contributed by atoms with E-state index in [-0.39, 0.29) is 6.07 Å². The third kappa shape index (κ3) is 4.42. The Morgan fingerprint density at radius 2 is 1.87 bits per heavy atom. The molecule has 0 aliphatic carbocycles. The molecule has 1 unspecified atom stereocenters. The van der Waals surface area contributed by atoms with Gasteiger partial charge in [0.05, 0.1) is 23.1 Å². The SMILES string of the molecule is COC(=O)c1ccc(C(F)(F)F)cc1S(=O)(=O)NC(C)C(=O)O. The Kier molecular flexibility index (Phi) is 5.38. The molecular weight excluding hydrogens is 343 g/mol. The molecule has 0 radical (unpaired) electrons. The first-order valence-corrected chi connectivity index (χ1v) is 7.43. The minimum Gasteiger partial charge on any atom is -0.480 e. The van der Waals surface area contributed by atoms with Crippen LogP contribution in [0.2, 0.25) is 0 Å². The number of alkyl halides is 3. The summed E-state index contributed by atoms with van der Waals surface area (Å²) in [4.78, 5) is 21.2. The number of rotatable bonds is 5. The van der Waals surface area contributed by atoms with E-state index in [4.69, 9.17) is 5.11 Å². The van der Waals surface area contributed by atoms with Crippen molar-refractivity contribution < 1.29 is 41.0 Å². The normalized spacial score (nSPS) is 13.4. The highest BCUT2D eigenvalue weighted by atomic mass is 32.2. The monoisotopic (exact) mass is 355 g/mol. The number of methoxy groups -OCH3 is 1. The Bertz CT molecular complexity index is 729. The second kappa shape index (κ2) is 6.54. The Labute approximate surface area is 129 Å². The molecule has 1 atom stereocenters. The van der Waals surface area contributed by atoms with Crippen LogP contribution in [-0.2, 0) is 25.7 Å². The molecule has 0 fully saturated rings. The topological polar surface area (TPSA) is 110 Å². The fourth-order valence-electron chi connectivity index (χ4n) is 1.55. The van der Waals surface area contributed by atoms with Crippen LogP contribution in [0.5, 0.6) is 0 Å². The predicted molar refractivity (Wildman–Crippen MR) is 70.2 cm³/mol. The van der Waals surface area contributed by atoms with Gasteiger partial charge in [-0.15, -0.1) is 0 Å². The Hall–Kier alpha value is -2.14. The highest BCUT2D eigenvalue weighted by Gasteiger charge is 2.34. The van der Waals surface area contributed by atoms with E-state index in [1.165, 1.54) is 0 Å². The van der Waals surface area contributed by atoms with Crippen molar-refractivity contribution >= 4 is 22.0 Å². The van der Waals surface area contributed by atoms with Gasteiger partial charge >= 0.3 is 18.1 Å². The Morgan fingerprint density at radius 1 is 1.30 bits per heavy atom. The molecule has 0 aliphatic heterocycles. The first-order chi connectivity index (χ1) is 10.4. The number of sulfonamides is 1. The number of ether oxygens (including phenoxy) is 1. The lowest BCUT2D eigenvalue weighted by molar-refractivity contribution is -0.139. The molecular formula is C12H12F3NO6S. The second-order valence-electron chi connectivity index (χ2n) is 4.38. The van der Waals surface area contributed by atoms with Crippen LogP contribution in [0.4, 0.5) is 13.2 Å². The van der Waals surface area contributed by atoms with Gasteiger partial charge in [-0.2, -0.15) is 17.9 Å². The number of nitrogens with one attached hydrogen (secondary N) is 1. The van der Waals surface area contributed by atoms with Crippen LogP contribution < -0.4 is 4.72 Å². The van der Waals surface area contributed by atoms with E-state index in [1.807, 2.05) is 0 Å². The maximum atomic E-state index is 12.7. The minimum atomic E-state index is -4.85. The quantitative estimate of drug-likeness (QED) is 0.769. The van der Waals surface area contributed by atoms with Gasteiger partial charge in [0.1, 0.15) is 6.04 Å². The van der Waals surface area contributed by atoms with Crippen LogP contribution >= 0.6 is 0 Å². The Morgan fingerprint density at radius 3 is 2.30 bits per heavy atom. The maximum absolute atomic E-state index is 12.7. The fraction of sp³-hybridized carbons (Fsp3) is 0.333. The largest absolute Gasteiger partial charge is 0.480 e. The van der Waals surface area contributed by atoms with Crippen molar-refractivity contribution in [2.24, 2.45) is 0 Å². The predicted octanol–water partition coefficient (Wildman–Crippen LogP) is 1.24. The van der Waals surface area contributed by atoms with E-state index < -0.39 is 50.2 Å². The van der Waals surface area contributed by atoms with E-state index >= 15 is 0 Å². The molecule has 0 aliphatic rings. The zero-order valence-electron chi connectivity index (χ0n) is 11.8. The van der Waals surface area contributed by atoms with Gasteiger partial charge in [-0.25, -0.2) is 13.2 Å². The molecule has 128 valence electrons. The summed E-state index contributed by atoms with van der Waals surface area (Å²) >= 11 is 0. The number of aliphatic carboxylic acids is 1. The van der Waals surface area contributed by atoms with Crippen LogP contribution in [0, 0.1) is 0 Å². The van der Waals surface area contributed by atoms with Crippen LogP contribution in [0.1, 0.15) is 22.8 Å². The van der Waals surface area contributed by atoms with Gasteiger partial charge in [0.2, 0.25) is 10.0 Å². The molecule has 23 heavy (non-hydrogen) atoms. The summed E-state index contributed by atoms with van der Waals surface area (Å²) in [6.45, 7) is 0.977. The Balaban J connectivity index is 3.51. The van der Waals surface area contributed by atoms with E-state index in [0.717, 1.165) is 14.0 Å². The molecule has 0 spiro atoms. The number of carbonyl (C=O) groups excluding carboxylic acids is 1. The van der Waals surface area contributed by atoms with Gasteiger partial charge in [-0.05, 0) is 25.1 Å². The number of carboxylic acids is 1. The van der Waals surface area contributed by atoms with Crippen LogP contribution in [0.3, 0.4) is 0 Å². The first-order valence-electron chi connectivity index (χ1n) is 5.95. The van der Waals surface area contributed by atoms with Crippen molar-refractivity contribution in [3.8, 4) is 0 Å². The third-order valence-corrected chi connectivity index (χ3v) is 4.29. The number of carbonyl (C=O) groups is 2. The van der Waals surface area contributed by atoms with Crippen LogP contribution in [-0.4, -0.2) is 38.6 Å². The van der Waals surface area contributed by atoms with Crippen molar-refractivity contribution in [3.63, 3.8) is 0 Å². The number of carboxylic acid groups (broad SMARTS) is 1. The fourth-order valence-corrected chi connectivity index (χ4v) is 2.96. The summed E-state index contributed by atoms with van der Waals surface area (Å²) in [5, 5.41) is 8.70. The highest BCUT2D eigenvalue weighted by Crippen LogP contribution is 2.32. The summed E-state index contributed by atoms with van der Waals surface area (Å²) in [6.07, 6.45) is -4.85. The molecule has 1 rings (SSSR count). The molecule has 0 bridgehead atoms. The number of esters is 1. The van der Waals surface area contributed by atoms with Crippen molar-refractivity contribution in [2.75, 3.05) is 7.11 Å². The smallest absolute Gasteiger partial charge is 0.416 e. The lowest BCUT2D eigenvalue weighted by Gasteiger charge is -2.15. The molecule has 1 aromatic carbocycles. The molecule has 0 aromatic heterocycles. The van der Waals surface area contributed by atoms with Gasteiger partial charge in [0.25, 0.3) is 0 Å². The van der Waals surface area contributed by atoms with Crippen molar-refractivity contribution in [2.45, 2.75) is 24.0 Å². The summed E-state index contributed by atoms with van der Waals surface area (Å²) in [5.74, 6) is -2.72. The van der Waals surface area contributed by atoms with Gasteiger partial charge in [-0.3, -0.25) is 4.79 Å². The van der Waals surface area contributed by atoms with Gasteiger partial charge in [0.15, 0.2) is 0 Å². The first kappa shape index (κ1) is 18.9. The number of halogens is 3. The van der Waals surface area contributed by atoms with Crippen molar-refractivity contribution in [1.29, 1.82) is 0 Å². The molecule has 0 heterocycles. The van der Waals surface area contributed by atoms with E-state index in [0.29, 0.717) is 12.1 Å². The molecule has 0 saturated heterocycles. The van der Waals surface area contributed by atoms with Crippen molar-refractivity contribution in [3.05, 3.63) is 29.3 Å². The third-order valence-electron chi connectivity index (χ3n) is 2.71. The van der Waals surface area contributed by atoms with Crippen LogP contribution in [0.15, 0.2) is 23.1 Å². The van der Waals surface area contributed by atoms with E-state index in [1.54, 1.807) is 4.72 Å². The average molecular weight is 355 g/mol. The maximum Gasteiger partial charge on any atom is 0.416 e. The van der Waals surface area contributed by atoms with Crippen LogP contribution in [0.25, 0.3) is 0 Å². The van der Waals surface area contributed by atoms with Gasteiger partial charge in [0, 0.05) is 0 Å². The number of benzene rings is 1. The summed E-state index contributed by atoms with van der Waals surface area (Å²) in [7, 11) is -3.78. The zero-order chi connectivity index (χ0) is 18.0. The standard InChI is InChI=1S/C12H12F3NO6S/c1-6(10(17)18)16-23(20,21)9-5-7(12(13,14)15)3-4-8(9)11(19)22-2/h3-6,16H,1-2H3,(H,17,18). The second-order valence-corrected chi connectivity index (χ2v) is 6.06. The molecule has 7 nitrogen and oxygen atoms in total. The molecule has 1 aromatic rings. The van der Waals surface area contributed by atoms with Gasteiger partial charge in [-0.1, -0.05) is 0 Å². The molecule has 11 heteroatoms. The molecule has 2 N–H and O–H groups in total. The van der Waals surface area contributed by atoms with Crippen molar-refractivity contribution in [1.82, 2.24) is 4.72 Å². The number of hydrogen-bond acceptors (Lipinski definition) is 5. The number of hydrogen-bond donors (Lipinski definition) is 2. The van der Waals surface area contributed by atoms with Gasteiger partial charge < -0.3 is 9.84 Å². The molecule has 0 saturated carbocycles. The highest BCUT2D eigenvalue weighted by molar-refractivity contribution is 7.89.